The molecule has 0 unspecified atom stereocenters. The third kappa shape index (κ3) is 2.00. The van der Waals surface area contributed by atoms with Crippen molar-refractivity contribution in [1.82, 2.24) is 4.98 Å². The molecule has 0 fully saturated rings. The number of halogens is 2. The molecule has 3 aromatic rings. The van der Waals surface area contributed by atoms with Crippen LogP contribution >= 0.6 is 23.2 Å². The lowest BCUT2D eigenvalue weighted by Gasteiger charge is -2.09. The average Bonchev–Trinajstić information content (AvgIpc) is 2.43. The van der Waals surface area contributed by atoms with Gasteiger partial charge in [-0.1, -0.05) is 43.1 Å². The van der Waals surface area contributed by atoms with Crippen molar-refractivity contribution in [3.8, 4) is 0 Å². The van der Waals surface area contributed by atoms with Gasteiger partial charge in [0.25, 0.3) is 0 Å². The summed E-state index contributed by atoms with van der Waals surface area (Å²) in [6.45, 7) is 4.23. The summed E-state index contributed by atoms with van der Waals surface area (Å²) < 4.78 is 0. The van der Waals surface area contributed by atoms with E-state index in [1.54, 1.807) is 12.1 Å². The molecule has 2 aromatic carbocycles. The fraction of sp³-hybridized carbons (Fsp3) is 0.188. The summed E-state index contributed by atoms with van der Waals surface area (Å²) in [6.07, 6.45) is 0. The maximum Gasteiger partial charge on any atom is 0.197 e. The van der Waals surface area contributed by atoms with E-state index in [4.69, 9.17) is 23.2 Å². The first-order chi connectivity index (χ1) is 9.49. The number of benzene rings is 2. The van der Waals surface area contributed by atoms with Gasteiger partial charge in [0.15, 0.2) is 5.43 Å². The molecule has 0 amide bonds. The van der Waals surface area contributed by atoms with Crippen LogP contribution in [0.1, 0.15) is 25.3 Å². The van der Waals surface area contributed by atoms with Crippen LogP contribution in [0.25, 0.3) is 21.8 Å². The maximum atomic E-state index is 12.5. The summed E-state index contributed by atoms with van der Waals surface area (Å²) >= 11 is 12.2. The Balaban J connectivity index is 2.48. The van der Waals surface area contributed by atoms with Crippen LogP contribution in [0.5, 0.6) is 0 Å². The zero-order valence-corrected chi connectivity index (χ0v) is 12.6. The van der Waals surface area contributed by atoms with Crippen molar-refractivity contribution < 1.29 is 0 Å². The van der Waals surface area contributed by atoms with E-state index in [1.807, 2.05) is 18.2 Å². The van der Waals surface area contributed by atoms with Crippen LogP contribution in [0.4, 0.5) is 0 Å². The molecule has 0 saturated carbocycles. The van der Waals surface area contributed by atoms with Crippen LogP contribution in [0.2, 0.25) is 10.0 Å². The summed E-state index contributed by atoms with van der Waals surface area (Å²) in [5.41, 5.74) is 2.53. The third-order valence-corrected chi connectivity index (χ3v) is 4.36. The Morgan fingerprint density at radius 2 is 1.75 bits per heavy atom. The van der Waals surface area contributed by atoms with Gasteiger partial charge in [-0.25, -0.2) is 0 Å². The Labute approximate surface area is 126 Å². The van der Waals surface area contributed by atoms with E-state index >= 15 is 0 Å². The summed E-state index contributed by atoms with van der Waals surface area (Å²) in [5, 5.41) is 2.05. The fourth-order valence-electron chi connectivity index (χ4n) is 2.36. The molecule has 0 atom stereocenters. The Bertz CT molecular complexity index is 881. The number of aromatic amines is 1. The molecular formula is C16H13Cl2NO. The number of aromatic nitrogens is 1. The lowest BCUT2D eigenvalue weighted by molar-refractivity contribution is 0.868. The summed E-state index contributed by atoms with van der Waals surface area (Å²) in [4.78, 5) is 15.7. The number of pyridine rings is 1. The van der Waals surface area contributed by atoms with Gasteiger partial charge in [-0.05, 0) is 35.7 Å². The minimum atomic E-state index is -0.0253. The van der Waals surface area contributed by atoms with E-state index in [0.29, 0.717) is 32.3 Å². The van der Waals surface area contributed by atoms with Crippen LogP contribution in [0, 0.1) is 0 Å². The quantitative estimate of drug-likeness (QED) is 0.622. The lowest BCUT2D eigenvalue weighted by Crippen LogP contribution is -2.05. The van der Waals surface area contributed by atoms with Gasteiger partial charge >= 0.3 is 0 Å². The van der Waals surface area contributed by atoms with Gasteiger partial charge in [-0.15, -0.1) is 0 Å². The van der Waals surface area contributed by atoms with Gasteiger partial charge in [0.2, 0.25) is 0 Å². The van der Waals surface area contributed by atoms with Crippen molar-refractivity contribution in [2.45, 2.75) is 19.8 Å². The van der Waals surface area contributed by atoms with Crippen LogP contribution in [0.15, 0.2) is 35.1 Å². The smallest absolute Gasteiger partial charge is 0.197 e. The van der Waals surface area contributed by atoms with Gasteiger partial charge in [0.05, 0.1) is 21.1 Å². The topological polar surface area (TPSA) is 32.9 Å². The summed E-state index contributed by atoms with van der Waals surface area (Å²) in [6, 6.07) is 9.21. The highest BCUT2D eigenvalue weighted by atomic mass is 35.5. The zero-order valence-electron chi connectivity index (χ0n) is 11.1. The van der Waals surface area contributed by atoms with Crippen molar-refractivity contribution >= 4 is 45.0 Å². The first kappa shape index (κ1) is 13.5. The predicted octanol–water partition coefficient (Wildman–Crippen LogP) is 5.11. The van der Waals surface area contributed by atoms with Crippen molar-refractivity contribution in [1.29, 1.82) is 0 Å². The van der Waals surface area contributed by atoms with Gasteiger partial charge in [0, 0.05) is 10.8 Å². The van der Waals surface area contributed by atoms with Gasteiger partial charge in [-0.3, -0.25) is 4.79 Å². The number of hydrogen-bond acceptors (Lipinski definition) is 1. The minimum absolute atomic E-state index is 0.0253. The first-order valence-corrected chi connectivity index (χ1v) is 7.18. The molecular weight excluding hydrogens is 293 g/mol. The summed E-state index contributed by atoms with van der Waals surface area (Å²) in [7, 11) is 0. The largest absolute Gasteiger partial charge is 0.353 e. The van der Waals surface area contributed by atoms with E-state index in [9.17, 15) is 4.79 Å². The lowest BCUT2D eigenvalue weighted by atomic mass is 10.0. The standard InChI is InChI=1S/C16H13Cl2NO/c1-8(2)9-3-4-10-13(7-9)19-15-11(16(10)20)5-6-12(17)14(15)18/h3-8H,1-2H3,(H,19,20). The molecule has 0 aliphatic rings. The maximum absolute atomic E-state index is 12.5. The van der Waals surface area contributed by atoms with E-state index in [1.165, 1.54) is 5.56 Å². The number of hydrogen-bond donors (Lipinski definition) is 1. The molecule has 1 N–H and O–H groups in total. The predicted molar refractivity (Wildman–Crippen MR) is 86.2 cm³/mol. The molecule has 2 nitrogen and oxygen atoms in total. The highest BCUT2D eigenvalue weighted by molar-refractivity contribution is 6.45. The van der Waals surface area contributed by atoms with Gasteiger partial charge < -0.3 is 4.98 Å². The monoisotopic (exact) mass is 305 g/mol. The molecule has 0 radical (unpaired) electrons. The summed E-state index contributed by atoms with van der Waals surface area (Å²) in [5.74, 6) is 0.397. The Kier molecular flexibility index (Phi) is 3.23. The van der Waals surface area contributed by atoms with Crippen molar-refractivity contribution in [3.05, 3.63) is 56.2 Å². The second-order valence-corrected chi connectivity index (χ2v) is 5.98. The van der Waals surface area contributed by atoms with Crippen LogP contribution < -0.4 is 5.43 Å². The molecule has 20 heavy (non-hydrogen) atoms. The van der Waals surface area contributed by atoms with Crippen molar-refractivity contribution in [2.24, 2.45) is 0 Å². The molecule has 0 aliphatic heterocycles. The van der Waals surface area contributed by atoms with Gasteiger partial charge in [-0.2, -0.15) is 0 Å². The van der Waals surface area contributed by atoms with Crippen molar-refractivity contribution in [2.75, 3.05) is 0 Å². The van der Waals surface area contributed by atoms with E-state index in [2.05, 4.69) is 18.8 Å². The van der Waals surface area contributed by atoms with E-state index < -0.39 is 0 Å². The second kappa shape index (κ2) is 4.80. The molecule has 3 rings (SSSR count). The van der Waals surface area contributed by atoms with E-state index in [0.717, 1.165) is 5.52 Å². The Morgan fingerprint density at radius 3 is 2.45 bits per heavy atom. The fourth-order valence-corrected chi connectivity index (χ4v) is 2.73. The molecule has 0 bridgehead atoms. The number of rotatable bonds is 1. The molecule has 0 aliphatic carbocycles. The number of fused-ring (bicyclic) bond motifs is 2. The van der Waals surface area contributed by atoms with Gasteiger partial charge in [0.1, 0.15) is 0 Å². The zero-order chi connectivity index (χ0) is 14.4. The molecule has 1 aromatic heterocycles. The first-order valence-electron chi connectivity index (χ1n) is 6.42. The highest BCUT2D eigenvalue weighted by Gasteiger charge is 2.11. The highest BCUT2D eigenvalue weighted by Crippen LogP contribution is 2.29. The molecule has 0 spiro atoms. The van der Waals surface area contributed by atoms with Crippen LogP contribution in [0.3, 0.4) is 0 Å². The van der Waals surface area contributed by atoms with Crippen molar-refractivity contribution in [3.63, 3.8) is 0 Å². The third-order valence-electron chi connectivity index (χ3n) is 3.55. The number of H-pyrrole nitrogens is 1. The average molecular weight is 306 g/mol. The minimum Gasteiger partial charge on any atom is -0.353 e. The Hall–Kier alpha value is -1.51. The molecule has 0 saturated heterocycles. The molecule has 4 heteroatoms. The Morgan fingerprint density at radius 1 is 1.05 bits per heavy atom. The van der Waals surface area contributed by atoms with Crippen LogP contribution in [-0.4, -0.2) is 4.98 Å². The normalized spacial score (nSPS) is 11.7. The molecule has 1 heterocycles. The number of nitrogens with one attached hydrogen (secondary N) is 1. The van der Waals surface area contributed by atoms with Crippen LogP contribution in [-0.2, 0) is 0 Å². The second-order valence-electron chi connectivity index (χ2n) is 5.20. The molecule has 102 valence electrons. The van der Waals surface area contributed by atoms with E-state index in [-0.39, 0.29) is 5.43 Å². The SMILES string of the molecule is CC(C)c1ccc2c(=O)c3ccc(Cl)c(Cl)c3[nH]c2c1.